The van der Waals surface area contributed by atoms with E-state index in [1.54, 1.807) is 13.8 Å². The topological polar surface area (TPSA) is 52.6 Å². The minimum atomic E-state index is -0.242. The summed E-state index contributed by atoms with van der Waals surface area (Å²) in [4.78, 5) is 23.5. The Labute approximate surface area is 139 Å². The summed E-state index contributed by atoms with van der Waals surface area (Å²) in [5, 5.41) is 0. The molecule has 1 rings (SSSR count). The number of hydrogen-bond donors (Lipinski definition) is 0. The smallest absolute Gasteiger partial charge is 0.306 e. The predicted molar refractivity (Wildman–Crippen MR) is 90.1 cm³/mol. The lowest BCUT2D eigenvalue weighted by atomic mass is 9.89. The van der Waals surface area contributed by atoms with E-state index in [2.05, 4.69) is 19.1 Å². The first-order chi connectivity index (χ1) is 11.1. The molecule has 128 valence electrons. The molecular weight excluding hydrogens is 292 g/mol. The highest BCUT2D eigenvalue weighted by atomic mass is 16.5. The van der Waals surface area contributed by atoms with Gasteiger partial charge in [0.15, 0.2) is 0 Å². The molecule has 0 N–H and O–H groups in total. The third-order valence-corrected chi connectivity index (χ3v) is 3.90. The summed E-state index contributed by atoms with van der Waals surface area (Å²) in [5.74, 6) is -0.120. The van der Waals surface area contributed by atoms with Crippen LogP contribution in [0, 0.1) is 5.92 Å². The van der Waals surface area contributed by atoms with Crippen LogP contribution >= 0.6 is 0 Å². The molecule has 1 atom stereocenters. The van der Waals surface area contributed by atoms with Crippen molar-refractivity contribution < 1.29 is 19.1 Å². The van der Waals surface area contributed by atoms with Crippen molar-refractivity contribution in [2.45, 2.75) is 52.4 Å². The molecule has 1 unspecified atom stereocenters. The van der Waals surface area contributed by atoms with Gasteiger partial charge >= 0.3 is 11.9 Å². The van der Waals surface area contributed by atoms with Gasteiger partial charge in [0.2, 0.25) is 0 Å². The van der Waals surface area contributed by atoms with E-state index in [1.165, 1.54) is 5.56 Å². The van der Waals surface area contributed by atoms with E-state index >= 15 is 0 Å². The summed E-state index contributed by atoms with van der Waals surface area (Å²) >= 11 is 0. The highest BCUT2D eigenvalue weighted by Gasteiger charge is 2.20. The van der Waals surface area contributed by atoms with Crippen LogP contribution in [0.4, 0.5) is 0 Å². The van der Waals surface area contributed by atoms with E-state index in [-0.39, 0.29) is 30.7 Å². The lowest BCUT2D eigenvalue weighted by Crippen LogP contribution is -2.17. The van der Waals surface area contributed by atoms with Crippen molar-refractivity contribution in [3.8, 4) is 0 Å². The van der Waals surface area contributed by atoms with Crippen molar-refractivity contribution in [2.75, 3.05) is 13.2 Å². The number of carbonyl (C=O) groups excluding carboxylic acids is 2. The van der Waals surface area contributed by atoms with Gasteiger partial charge in [0, 0.05) is 12.8 Å². The first-order valence-corrected chi connectivity index (χ1v) is 8.42. The molecule has 0 fully saturated rings. The lowest BCUT2D eigenvalue weighted by molar-refractivity contribution is -0.147. The molecule has 0 aliphatic heterocycles. The van der Waals surface area contributed by atoms with Gasteiger partial charge < -0.3 is 9.47 Å². The molecule has 0 bridgehead atoms. The summed E-state index contributed by atoms with van der Waals surface area (Å²) in [7, 11) is 0. The van der Waals surface area contributed by atoms with Gasteiger partial charge in [-0.2, -0.15) is 0 Å². The SMILES string of the molecule is CCOC(=O)CC(CCC(C)c1ccccc1)CC(=O)OCC. The minimum absolute atomic E-state index is 0.0285. The van der Waals surface area contributed by atoms with Gasteiger partial charge in [-0.3, -0.25) is 9.59 Å². The quantitative estimate of drug-likeness (QED) is 0.609. The fraction of sp³-hybridized carbons (Fsp3) is 0.579. The zero-order valence-corrected chi connectivity index (χ0v) is 14.4. The van der Waals surface area contributed by atoms with Crippen molar-refractivity contribution >= 4 is 11.9 Å². The molecule has 4 heteroatoms. The van der Waals surface area contributed by atoms with Gasteiger partial charge in [-0.25, -0.2) is 0 Å². The van der Waals surface area contributed by atoms with Crippen molar-refractivity contribution in [3.63, 3.8) is 0 Å². The molecule has 0 saturated carbocycles. The largest absolute Gasteiger partial charge is 0.466 e. The number of ether oxygens (including phenoxy) is 2. The Bertz CT molecular complexity index is 450. The third-order valence-electron chi connectivity index (χ3n) is 3.90. The molecule has 0 aliphatic rings. The molecule has 1 aromatic rings. The summed E-state index contributed by atoms with van der Waals surface area (Å²) in [5.41, 5.74) is 1.28. The first-order valence-electron chi connectivity index (χ1n) is 8.42. The second-order valence-electron chi connectivity index (χ2n) is 5.77. The monoisotopic (exact) mass is 320 g/mol. The van der Waals surface area contributed by atoms with E-state index in [0.717, 1.165) is 12.8 Å². The number of rotatable bonds is 10. The van der Waals surface area contributed by atoms with Crippen LogP contribution in [-0.4, -0.2) is 25.2 Å². The van der Waals surface area contributed by atoms with Crippen LogP contribution in [-0.2, 0) is 19.1 Å². The second kappa shape index (κ2) is 10.8. The van der Waals surface area contributed by atoms with Crippen LogP contribution in [0.3, 0.4) is 0 Å². The molecule has 1 aromatic carbocycles. The summed E-state index contributed by atoms with van der Waals surface area (Å²) in [6.07, 6.45) is 2.27. The molecule has 0 amide bonds. The number of esters is 2. The second-order valence-corrected chi connectivity index (χ2v) is 5.77. The molecule has 0 saturated heterocycles. The fourth-order valence-corrected chi connectivity index (χ4v) is 2.62. The van der Waals surface area contributed by atoms with Gasteiger partial charge in [0.25, 0.3) is 0 Å². The molecule has 0 aromatic heterocycles. The van der Waals surface area contributed by atoms with Crippen LogP contribution in [0.2, 0.25) is 0 Å². The Morgan fingerprint density at radius 1 is 0.913 bits per heavy atom. The standard InChI is InChI=1S/C19H28O4/c1-4-22-18(20)13-16(14-19(21)23-5-2)12-11-15(3)17-9-7-6-8-10-17/h6-10,15-16H,4-5,11-14H2,1-3H3. The number of carbonyl (C=O) groups is 2. The molecule has 0 aliphatic carbocycles. The highest BCUT2D eigenvalue weighted by Crippen LogP contribution is 2.26. The Hall–Kier alpha value is -1.84. The summed E-state index contributed by atoms with van der Waals surface area (Å²) in [6.45, 7) is 6.48. The van der Waals surface area contributed by atoms with E-state index in [0.29, 0.717) is 19.1 Å². The molecule has 0 heterocycles. The third kappa shape index (κ3) is 7.82. The van der Waals surface area contributed by atoms with E-state index < -0.39 is 0 Å². The summed E-state index contributed by atoms with van der Waals surface area (Å²) < 4.78 is 10.0. The van der Waals surface area contributed by atoms with E-state index in [9.17, 15) is 9.59 Å². The average molecular weight is 320 g/mol. The molecule has 4 nitrogen and oxygen atoms in total. The van der Waals surface area contributed by atoms with Gasteiger partial charge in [0.1, 0.15) is 0 Å². The maximum atomic E-state index is 11.7. The van der Waals surface area contributed by atoms with Gasteiger partial charge in [-0.05, 0) is 44.1 Å². The highest BCUT2D eigenvalue weighted by molar-refractivity contribution is 5.73. The molecule has 0 spiro atoms. The minimum Gasteiger partial charge on any atom is -0.466 e. The van der Waals surface area contributed by atoms with Gasteiger partial charge in [-0.1, -0.05) is 37.3 Å². The van der Waals surface area contributed by atoms with Gasteiger partial charge in [0.05, 0.1) is 13.2 Å². The maximum absolute atomic E-state index is 11.7. The Kier molecular flexibility index (Phi) is 9.03. The van der Waals surface area contributed by atoms with Gasteiger partial charge in [-0.15, -0.1) is 0 Å². The van der Waals surface area contributed by atoms with Crippen LogP contribution in [0.5, 0.6) is 0 Å². The average Bonchev–Trinajstić information content (AvgIpc) is 2.53. The Balaban J connectivity index is 2.56. The summed E-state index contributed by atoms with van der Waals surface area (Å²) in [6, 6.07) is 10.3. The zero-order chi connectivity index (χ0) is 17.1. The zero-order valence-electron chi connectivity index (χ0n) is 14.4. The van der Waals surface area contributed by atoms with Crippen LogP contribution in [0.1, 0.15) is 57.9 Å². The lowest BCUT2D eigenvalue weighted by Gasteiger charge is -2.18. The molecule has 0 radical (unpaired) electrons. The normalized spacial score (nSPS) is 12.0. The van der Waals surface area contributed by atoms with Crippen molar-refractivity contribution in [3.05, 3.63) is 35.9 Å². The van der Waals surface area contributed by atoms with E-state index in [4.69, 9.17) is 9.47 Å². The maximum Gasteiger partial charge on any atom is 0.306 e. The number of benzene rings is 1. The van der Waals surface area contributed by atoms with E-state index in [1.807, 2.05) is 18.2 Å². The predicted octanol–water partition coefficient (Wildman–Crippen LogP) is 4.09. The first kappa shape index (κ1) is 19.2. The Morgan fingerprint density at radius 2 is 1.43 bits per heavy atom. The Morgan fingerprint density at radius 3 is 1.91 bits per heavy atom. The molecular formula is C19H28O4. The number of hydrogen-bond acceptors (Lipinski definition) is 4. The van der Waals surface area contributed by atoms with Crippen LogP contribution in [0.25, 0.3) is 0 Å². The fourth-order valence-electron chi connectivity index (χ4n) is 2.62. The van der Waals surface area contributed by atoms with Crippen molar-refractivity contribution in [2.24, 2.45) is 5.92 Å². The van der Waals surface area contributed by atoms with Crippen LogP contribution < -0.4 is 0 Å². The van der Waals surface area contributed by atoms with Crippen molar-refractivity contribution in [1.82, 2.24) is 0 Å². The van der Waals surface area contributed by atoms with Crippen molar-refractivity contribution in [1.29, 1.82) is 0 Å². The van der Waals surface area contributed by atoms with Crippen LogP contribution in [0.15, 0.2) is 30.3 Å². The molecule has 23 heavy (non-hydrogen) atoms.